The van der Waals surface area contributed by atoms with Crippen LogP contribution in [0.5, 0.6) is 0 Å². The van der Waals surface area contributed by atoms with Crippen molar-refractivity contribution in [2.75, 3.05) is 36.8 Å². The summed E-state index contributed by atoms with van der Waals surface area (Å²) in [5.41, 5.74) is 5.11. The number of hydrogen-bond donors (Lipinski definition) is 1. The van der Waals surface area contributed by atoms with Crippen molar-refractivity contribution in [3.63, 3.8) is 0 Å². The summed E-state index contributed by atoms with van der Waals surface area (Å²) < 4.78 is 5.36. The van der Waals surface area contributed by atoms with Crippen molar-refractivity contribution in [3.05, 3.63) is 12.3 Å². The van der Waals surface area contributed by atoms with Crippen LogP contribution in [0.4, 0.5) is 16.6 Å². The Bertz CT molecular complexity index is 478. The van der Waals surface area contributed by atoms with E-state index in [-0.39, 0.29) is 12.0 Å². The van der Waals surface area contributed by atoms with Gasteiger partial charge in [0, 0.05) is 32.4 Å². The number of anilines is 2. The lowest BCUT2D eigenvalue weighted by molar-refractivity contribution is 0.0240. The van der Waals surface area contributed by atoms with Crippen molar-refractivity contribution in [2.45, 2.75) is 26.4 Å². The van der Waals surface area contributed by atoms with Crippen LogP contribution in [0.3, 0.4) is 0 Å². The lowest BCUT2D eigenvalue weighted by atomic mass is 10.2. The maximum absolute atomic E-state index is 12.0. The van der Waals surface area contributed by atoms with Gasteiger partial charge in [0.05, 0.1) is 0 Å². The van der Waals surface area contributed by atoms with Gasteiger partial charge in [-0.15, -0.1) is 0 Å². The number of carbonyl (C=O) groups excluding carboxylic acids is 1. The van der Waals surface area contributed by atoms with Crippen molar-refractivity contribution < 1.29 is 9.53 Å². The highest BCUT2D eigenvalue weighted by Gasteiger charge is 2.26. The fourth-order valence-electron chi connectivity index (χ4n) is 1.98. The van der Waals surface area contributed by atoms with E-state index >= 15 is 0 Å². The molecule has 1 fully saturated rings. The molecule has 2 heterocycles. The molecule has 0 saturated carbocycles. The van der Waals surface area contributed by atoms with Crippen LogP contribution in [-0.2, 0) is 4.74 Å². The van der Waals surface area contributed by atoms with Gasteiger partial charge in [-0.3, -0.25) is 0 Å². The highest BCUT2D eigenvalue weighted by molar-refractivity contribution is 5.68. The third-order valence-corrected chi connectivity index (χ3v) is 2.91. The first-order valence-corrected chi connectivity index (χ1v) is 6.66. The molecule has 7 heteroatoms. The van der Waals surface area contributed by atoms with E-state index in [0.29, 0.717) is 26.2 Å². The van der Waals surface area contributed by atoms with E-state index in [1.54, 1.807) is 11.1 Å². The van der Waals surface area contributed by atoms with Crippen molar-refractivity contribution in [1.29, 1.82) is 0 Å². The number of hydrogen-bond acceptors (Lipinski definition) is 6. The summed E-state index contributed by atoms with van der Waals surface area (Å²) >= 11 is 0. The molecule has 0 aromatic carbocycles. The van der Waals surface area contributed by atoms with Gasteiger partial charge >= 0.3 is 6.09 Å². The Labute approximate surface area is 118 Å². The van der Waals surface area contributed by atoms with Crippen LogP contribution < -0.4 is 10.6 Å². The van der Waals surface area contributed by atoms with Gasteiger partial charge in [-0.05, 0) is 26.8 Å². The van der Waals surface area contributed by atoms with E-state index in [9.17, 15) is 4.79 Å². The zero-order valence-corrected chi connectivity index (χ0v) is 12.2. The van der Waals surface area contributed by atoms with Crippen molar-refractivity contribution in [1.82, 2.24) is 14.9 Å². The van der Waals surface area contributed by atoms with Crippen molar-refractivity contribution >= 4 is 17.9 Å². The first-order chi connectivity index (χ1) is 9.35. The fraction of sp³-hybridized carbons (Fsp3) is 0.615. The minimum absolute atomic E-state index is 0.261. The van der Waals surface area contributed by atoms with Crippen molar-refractivity contribution in [3.8, 4) is 0 Å². The number of nitrogens with two attached hydrogens (primary N) is 1. The zero-order valence-electron chi connectivity index (χ0n) is 12.2. The topological polar surface area (TPSA) is 84.6 Å². The number of carbonyl (C=O) groups is 1. The molecule has 1 amide bonds. The Hall–Kier alpha value is -2.05. The Balaban J connectivity index is 1.91. The number of ether oxygens (including phenoxy) is 1. The van der Waals surface area contributed by atoms with E-state index in [1.165, 1.54) is 0 Å². The van der Waals surface area contributed by atoms with Gasteiger partial charge < -0.3 is 20.3 Å². The predicted octanol–water partition coefficient (Wildman–Crippen LogP) is 1.12. The molecule has 20 heavy (non-hydrogen) atoms. The summed E-state index contributed by atoms with van der Waals surface area (Å²) in [4.78, 5) is 23.8. The number of nitrogens with zero attached hydrogens (tertiary/aromatic N) is 4. The molecule has 1 aliphatic rings. The van der Waals surface area contributed by atoms with Gasteiger partial charge in [-0.1, -0.05) is 0 Å². The van der Waals surface area contributed by atoms with E-state index in [4.69, 9.17) is 10.5 Å². The Morgan fingerprint density at radius 3 is 2.50 bits per heavy atom. The molecule has 0 aliphatic carbocycles. The minimum atomic E-state index is -0.463. The standard InChI is InChI=1S/C13H21N5O2/c1-13(2,3)20-12(19)18-8-6-17(7-9-18)10-4-5-15-11(14)16-10/h4-5H,6-9H2,1-3H3,(H2,14,15,16). The third kappa shape index (κ3) is 3.72. The largest absolute Gasteiger partial charge is 0.444 e. The molecule has 2 rings (SSSR count). The molecule has 0 atom stereocenters. The normalized spacial score (nSPS) is 16.1. The number of aromatic nitrogens is 2. The molecule has 1 aliphatic heterocycles. The highest BCUT2D eigenvalue weighted by atomic mass is 16.6. The Kier molecular flexibility index (Phi) is 3.96. The molecule has 7 nitrogen and oxygen atoms in total. The van der Waals surface area contributed by atoms with Gasteiger partial charge in [0.1, 0.15) is 11.4 Å². The summed E-state index contributed by atoms with van der Waals surface area (Å²) in [6.07, 6.45) is 1.37. The molecule has 0 unspecified atom stereocenters. The second kappa shape index (κ2) is 5.52. The summed E-state index contributed by atoms with van der Waals surface area (Å²) in [7, 11) is 0. The maximum atomic E-state index is 12.0. The quantitative estimate of drug-likeness (QED) is 0.829. The number of rotatable bonds is 1. The lowest BCUT2D eigenvalue weighted by Crippen LogP contribution is -2.50. The third-order valence-electron chi connectivity index (χ3n) is 2.91. The molecule has 0 bridgehead atoms. The maximum Gasteiger partial charge on any atom is 0.410 e. The zero-order chi connectivity index (χ0) is 14.8. The summed E-state index contributed by atoms with van der Waals surface area (Å²) in [5.74, 6) is 1.05. The van der Waals surface area contributed by atoms with Crippen LogP contribution in [0.2, 0.25) is 0 Å². The fourth-order valence-corrected chi connectivity index (χ4v) is 1.98. The summed E-state index contributed by atoms with van der Waals surface area (Å²) in [6, 6.07) is 1.82. The van der Waals surface area contributed by atoms with Gasteiger partial charge in [0.15, 0.2) is 0 Å². The SMILES string of the molecule is CC(C)(C)OC(=O)N1CCN(c2ccnc(N)n2)CC1. The molecule has 0 spiro atoms. The Morgan fingerprint density at radius 1 is 1.30 bits per heavy atom. The average molecular weight is 279 g/mol. The Morgan fingerprint density at radius 2 is 1.95 bits per heavy atom. The van der Waals surface area contributed by atoms with E-state index < -0.39 is 5.60 Å². The van der Waals surface area contributed by atoms with Crippen LogP contribution in [0, 0.1) is 0 Å². The van der Waals surface area contributed by atoms with E-state index in [2.05, 4.69) is 14.9 Å². The van der Waals surface area contributed by atoms with E-state index in [0.717, 1.165) is 5.82 Å². The van der Waals surface area contributed by atoms with Crippen LogP contribution in [0.25, 0.3) is 0 Å². The number of amides is 1. The minimum Gasteiger partial charge on any atom is -0.444 e. The van der Waals surface area contributed by atoms with Crippen LogP contribution >= 0.6 is 0 Å². The predicted molar refractivity (Wildman–Crippen MR) is 76.5 cm³/mol. The molecular formula is C13H21N5O2. The second-order valence-electron chi connectivity index (χ2n) is 5.73. The van der Waals surface area contributed by atoms with Crippen LogP contribution in [0.15, 0.2) is 12.3 Å². The first kappa shape index (κ1) is 14.4. The van der Waals surface area contributed by atoms with E-state index in [1.807, 2.05) is 26.8 Å². The van der Waals surface area contributed by atoms with Gasteiger partial charge in [0.2, 0.25) is 5.95 Å². The lowest BCUT2D eigenvalue weighted by Gasteiger charge is -2.36. The van der Waals surface area contributed by atoms with Gasteiger partial charge in [-0.2, -0.15) is 4.98 Å². The molecule has 1 saturated heterocycles. The molecule has 110 valence electrons. The van der Waals surface area contributed by atoms with Gasteiger partial charge in [-0.25, -0.2) is 9.78 Å². The molecule has 0 radical (unpaired) electrons. The monoisotopic (exact) mass is 279 g/mol. The van der Waals surface area contributed by atoms with Crippen molar-refractivity contribution in [2.24, 2.45) is 0 Å². The summed E-state index contributed by atoms with van der Waals surface area (Å²) in [5, 5.41) is 0. The average Bonchev–Trinajstić information content (AvgIpc) is 2.37. The number of piperazine rings is 1. The first-order valence-electron chi connectivity index (χ1n) is 6.66. The smallest absolute Gasteiger partial charge is 0.410 e. The molecule has 2 N–H and O–H groups in total. The molecule has 1 aromatic rings. The number of nitrogen functional groups attached to an aromatic ring is 1. The van der Waals surface area contributed by atoms with Gasteiger partial charge in [0.25, 0.3) is 0 Å². The molecule has 1 aromatic heterocycles. The second-order valence-corrected chi connectivity index (χ2v) is 5.73. The summed E-state index contributed by atoms with van der Waals surface area (Å²) in [6.45, 7) is 8.23. The molecular weight excluding hydrogens is 258 g/mol. The van der Waals surface area contributed by atoms with Crippen LogP contribution in [-0.4, -0.2) is 52.7 Å². The van der Waals surface area contributed by atoms with Crippen LogP contribution in [0.1, 0.15) is 20.8 Å². The highest BCUT2D eigenvalue weighted by Crippen LogP contribution is 2.16.